The van der Waals surface area contributed by atoms with Crippen LogP contribution in [0.2, 0.25) is 0 Å². The van der Waals surface area contributed by atoms with Gasteiger partial charge in [-0.3, -0.25) is 0 Å². The van der Waals surface area contributed by atoms with Gasteiger partial charge < -0.3 is 5.11 Å². The number of hydrogen-bond donors (Lipinski definition) is 1. The van der Waals surface area contributed by atoms with Gasteiger partial charge in [0.05, 0.1) is 6.10 Å². The van der Waals surface area contributed by atoms with E-state index in [0.717, 1.165) is 12.2 Å². The van der Waals surface area contributed by atoms with Gasteiger partial charge in [0.1, 0.15) is 12.2 Å². The van der Waals surface area contributed by atoms with E-state index in [9.17, 15) is 5.11 Å². The van der Waals surface area contributed by atoms with Gasteiger partial charge in [-0.25, -0.2) is 9.67 Å². The predicted molar refractivity (Wildman–Crippen MR) is 55.0 cm³/mol. The maximum atomic E-state index is 9.39. The highest BCUT2D eigenvalue weighted by molar-refractivity contribution is 4.89. The normalized spacial score (nSPS) is 15.9. The van der Waals surface area contributed by atoms with Crippen LogP contribution in [-0.4, -0.2) is 26.0 Å². The van der Waals surface area contributed by atoms with E-state index >= 15 is 0 Å². The van der Waals surface area contributed by atoms with Crippen molar-refractivity contribution in [1.82, 2.24) is 14.8 Å². The zero-order valence-corrected chi connectivity index (χ0v) is 9.31. The molecule has 4 heteroatoms. The second-order valence-corrected chi connectivity index (χ2v) is 4.14. The summed E-state index contributed by atoms with van der Waals surface area (Å²) in [6.45, 7) is 7.97. The summed E-state index contributed by atoms with van der Waals surface area (Å²) in [6, 6.07) is 0.327. The topological polar surface area (TPSA) is 50.9 Å². The highest BCUT2D eigenvalue weighted by atomic mass is 16.3. The Kier molecular flexibility index (Phi) is 3.63. The minimum absolute atomic E-state index is 0.219. The van der Waals surface area contributed by atoms with E-state index in [-0.39, 0.29) is 12.0 Å². The molecule has 2 unspecified atom stereocenters. The first-order chi connectivity index (χ1) is 6.52. The minimum atomic E-state index is -0.299. The molecule has 0 bridgehead atoms. The largest absolute Gasteiger partial charge is 0.393 e. The molecule has 1 heterocycles. The number of rotatable bonds is 4. The van der Waals surface area contributed by atoms with Crippen LogP contribution in [0.3, 0.4) is 0 Å². The molecule has 0 spiro atoms. The Hall–Kier alpha value is -0.900. The van der Waals surface area contributed by atoms with Gasteiger partial charge in [0, 0.05) is 12.5 Å². The molecule has 0 fully saturated rings. The summed E-state index contributed by atoms with van der Waals surface area (Å²) in [5, 5.41) is 13.5. The number of hydrogen-bond acceptors (Lipinski definition) is 3. The Bertz CT molecular complexity index is 281. The lowest BCUT2D eigenvalue weighted by Crippen LogP contribution is -2.19. The summed E-state index contributed by atoms with van der Waals surface area (Å²) in [5.41, 5.74) is 0. The molecule has 1 rings (SSSR count). The van der Waals surface area contributed by atoms with Crippen molar-refractivity contribution in [2.24, 2.45) is 5.92 Å². The van der Waals surface area contributed by atoms with E-state index in [0.29, 0.717) is 6.04 Å². The van der Waals surface area contributed by atoms with Crippen molar-refractivity contribution < 1.29 is 5.11 Å². The fourth-order valence-electron chi connectivity index (χ4n) is 1.31. The molecule has 80 valence electrons. The van der Waals surface area contributed by atoms with Crippen molar-refractivity contribution >= 4 is 0 Å². The van der Waals surface area contributed by atoms with Crippen LogP contribution in [0.25, 0.3) is 0 Å². The maximum Gasteiger partial charge on any atom is 0.138 e. The van der Waals surface area contributed by atoms with Crippen molar-refractivity contribution in [1.29, 1.82) is 0 Å². The molecule has 0 radical (unpaired) electrons. The van der Waals surface area contributed by atoms with Crippen LogP contribution in [0, 0.1) is 5.92 Å². The predicted octanol–water partition coefficient (Wildman–Crippen LogP) is 1.42. The van der Waals surface area contributed by atoms with Crippen molar-refractivity contribution in [3.63, 3.8) is 0 Å². The van der Waals surface area contributed by atoms with E-state index in [1.807, 2.05) is 11.6 Å². The van der Waals surface area contributed by atoms with E-state index < -0.39 is 0 Å². The van der Waals surface area contributed by atoms with E-state index in [2.05, 4.69) is 23.9 Å². The third kappa shape index (κ3) is 2.54. The first kappa shape index (κ1) is 11.2. The standard InChI is InChI=1S/C10H19N3O/c1-7(2)13-10(11-6-12-13)5-8(3)9(4)14/h6-9,14H,5H2,1-4H3. The zero-order chi connectivity index (χ0) is 10.7. The molecule has 0 aromatic carbocycles. The molecular formula is C10H19N3O. The summed E-state index contributed by atoms with van der Waals surface area (Å²) in [7, 11) is 0. The summed E-state index contributed by atoms with van der Waals surface area (Å²) in [6.07, 6.45) is 2.05. The Labute approximate surface area is 85.0 Å². The second-order valence-electron chi connectivity index (χ2n) is 4.14. The monoisotopic (exact) mass is 197 g/mol. The molecule has 14 heavy (non-hydrogen) atoms. The molecule has 1 aromatic rings. The van der Waals surface area contributed by atoms with E-state index in [1.54, 1.807) is 13.3 Å². The molecule has 0 saturated heterocycles. The highest BCUT2D eigenvalue weighted by Crippen LogP contribution is 2.12. The Morgan fingerprint density at radius 1 is 1.36 bits per heavy atom. The maximum absolute atomic E-state index is 9.39. The number of aliphatic hydroxyl groups is 1. The Balaban J connectivity index is 2.71. The summed E-state index contributed by atoms with van der Waals surface area (Å²) in [5.74, 6) is 1.17. The number of aliphatic hydroxyl groups excluding tert-OH is 1. The second kappa shape index (κ2) is 4.55. The molecule has 0 saturated carbocycles. The molecular weight excluding hydrogens is 178 g/mol. The molecule has 0 aliphatic heterocycles. The summed E-state index contributed by atoms with van der Waals surface area (Å²) < 4.78 is 1.90. The molecule has 0 aliphatic rings. The van der Waals surface area contributed by atoms with Crippen LogP contribution < -0.4 is 0 Å². The Morgan fingerprint density at radius 3 is 2.50 bits per heavy atom. The number of aromatic nitrogens is 3. The molecule has 1 N–H and O–H groups in total. The van der Waals surface area contributed by atoms with Gasteiger partial charge in [-0.2, -0.15) is 5.10 Å². The SMILES string of the molecule is CC(O)C(C)Cc1ncnn1C(C)C. The zero-order valence-electron chi connectivity index (χ0n) is 9.31. The average Bonchev–Trinajstić information content (AvgIpc) is 2.52. The first-order valence-corrected chi connectivity index (χ1v) is 5.08. The smallest absolute Gasteiger partial charge is 0.138 e. The van der Waals surface area contributed by atoms with Gasteiger partial charge >= 0.3 is 0 Å². The van der Waals surface area contributed by atoms with Crippen molar-refractivity contribution in [3.8, 4) is 0 Å². The fourth-order valence-corrected chi connectivity index (χ4v) is 1.31. The van der Waals surface area contributed by atoms with Gasteiger partial charge in [0.25, 0.3) is 0 Å². The molecule has 0 amide bonds. The third-order valence-corrected chi connectivity index (χ3v) is 2.46. The van der Waals surface area contributed by atoms with Gasteiger partial charge in [0.15, 0.2) is 0 Å². The van der Waals surface area contributed by atoms with Gasteiger partial charge in [0.2, 0.25) is 0 Å². The Morgan fingerprint density at radius 2 is 2.00 bits per heavy atom. The lowest BCUT2D eigenvalue weighted by atomic mass is 10.0. The van der Waals surface area contributed by atoms with E-state index in [4.69, 9.17) is 0 Å². The fraction of sp³-hybridized carbons (Fsp3) is 0.800. The van der Waals surface area contributed by atoms with Crippen LogP contribution in [0.1, 0.15) is 39.6 Å². The first-order valence-electron chi connectivity index (χ1n) is 5.08. The minimum Gasteiger partial charge on any atom is -0.393 e. The van der Waals surface area contributed by atoms with Gasteiger partial charge in [-0.05, 0) is 26.7 Å². The third-order valence-electron chi connectivity index (χ3n) is 2.46. The van der Waals surface area contributed by atoms with Crippen LogP contribution in [0.15, 0.2) is 6.33 Å². The van der Waals surface area contributed by atoms with Crippen molar-refractivity contribution in [2.75, 3.05) is 0 Å². The van der Waals surface area contributed by atoms with E-state index in [1.165, 1.54) is 0 Å². The summed E-state index contributed by atoms with van der Waals surface area (Å²) in [4.78, 5) is 4.20. The van der Waals surface area contributed by atoms with Crippen molar-refractivity contribution in [3.05, 3.63) is 12.2 Å². The molecule has 2 atom stereocenters. The molecule has 0 aliphatic carbocycles. The molecule has 1 aromatic heterocycles. The summed E-state index contributed by atoms with van der Waals surface area (Å²) >= 11 is 0. The lowest BCUT2D eigenvalue weighted by Gasteiger charge is -2.15. The average molecular weight is 197 g/mol. The van der Waals surface area contributed by atoms with Gasteiger partial charge in [-0.15, -0.1) is 0 Å². The number of nitrogens with zero attached hydrogens (tertiary/aromatic N) is 3. The lowest BCUT2D eigenvalue weighted by molar-refractivity contribution is 0.133. The van der Waals surface area contributed by atoms with Crippen LogP contribution in [-0.2, 0) is 6.42 Å². The van der Waals surface area contributed by atoms with Gasteiger partial charge in [-0.1, -0.05) is 6.92 Å². The van der Waals surface area contributed by atoms with Crippen LogP contribution in [0.4, 0.5) is 0 Å². The van der Waals surface area contributed by atoms with Crippen LogP contribution in [0.5, 0.6) is 0 Å². The quantitative estimate of drug-likeness (QED) is 0.794. The molecule has 4 nitrogen and oxygen atoms in total. The van der Waals surface area contributed by atoms with Crippen LogP contribution >= 0.6 is 0 Å². The highest BCUT2D eigenvalue weighted by Gasteiger charge is 2.14. The van der Waals surface area contributed by atoms with Crippen molar-refractivity contribution in [2.45, 2.75) is 46.3 Å².